The van der Waals surface area contributed by atoms with Crippen molar-refractivity contribution in [3.05, 3.63) is 58.7 Å². The largest absolute Gasteiger partial charge is 0.299 e. The molecule has 1 aromatic heterocycles. The lowest BCUT2D eigenvalue weighted by Crippen LogP contribution is -2.00. The van der Waals surface area contributed by atoms with Gasteiger partial charge < -0.3 is 0 Å². The molecule has 92 valence electrons. The SMILES string of the molecule is O=S(=O)(N=Cc1ccc(Br)cc1)c1ccccn1. The van der Waals surface area contributed by atoms with Crippen LogP contribution in [0.15, 0.2) is 62.6 Å². The van der Waals surface area contributed by atoms with Gasteiger partial charge in [-0.25, -0.2) is 4.98 Å². The van der Waals surface area contributed by atoms with Crippen LogP contribution in [0, 0.1) is 0 Å². The van der Waals surface area contributed by atoms with Crippen LogP contribution in [0.25, 0.3) is 0 Å². The Morgan fingerprint density at radius 3 is 2.44 bits per heavy atom. The van der Waals surface area contributed by atoms with E-state index in [9.17, 15) is 8.42 Å². The number of sulfonamides is 1. The first-order valence-electron chi connectivity index (χ1n) is 5.05. The second-order valence-corrected chi connectivity index (χ2v) is 5.92. The molecule has 1 aromatic carbocycles. The molecule has 0 N–H and O–H groups in total. The zero-order valence-corrected chi connectivity index (χ0v) is 11.6. The van der Waals surface area contributed by atoms with Crippen LogP contribution in [0.2, 0.25) is 0 Å². The molecule has 2 aromatic rings. The van der Waals surface area contributed by atoms with Gasteiger partial charge in [0.15, 0.2) is 5.03 Å². The molecule has 2 rings (SSSR count). The summed E-state index contributed by atoms with van der Waals surface area (Å²) in [6.45, 7) is 0. The van der Waals surface area contributed by atoms with Gasteiger partial charge in [-0.3, -0.25) is 0 Å². The van der Waals surface area contributed by atoms with Gasteiger partial charge in [-0.15, -0.1) is 0 Å². The maximum absolute atomic E-state index is 11.8. The Balaban J connectivity index is 2.26. The number of aromatic nitrogens is 1. The predicted octanol–water partition coefficient (Wildman–Crippen LogP) is 2.65. The molecule has 0 atom stereocenters. The molecule has 0 saturated heterocycles. The molecule has 0 fully saturated rings. The molecule has 0 saturated carbocycles. The van der Waals surface area contributed by atoms with Crippen LogP contribution in [0.5, 0.6) is 0 Å². The van der Waals surface area contributed by atoms with Gasteiger partial charge in [0.2, 0.25) is 0 Å². The van der Waals surface area contributed by atoms with Gasteiger partial charge >= 0.3 is 0 Å². The topological polar surface area (TPSA) is 59.4 Å². The van der Waals surface area contributed by atoms with E-state index in [1.165, 1.54) is 18.5 Å². The minimum atomic E-state index is -3.72. The number of halogens is 1. The Kier molecular flexibility index (Phi) is 3.88. The highest BCUT2D eigenvalue weighted by atomic mass is 79.9. The molecule has 0 unspecified atom stereocenters. The van der Waals surface area contributed by atoms with Crippen molar-refractivity contribution in [2.24, 2.45) is 4.40 Å². The smallest absolute Gasteiger partial charge is 0.243 e. The maximum Gasteiger partial charge on any atom is 0.299 e. The molecule has 4 nitrogen and oxygen atoms in total. The second-order valence-electron chi connectivity index (χ2n) is 3.43. The Morgan fingerprint density at radius 1 is 1.11 bits per heavy atom. The number of nitrogens with zero attached hydrogens (tertiary/aromatic N) is 2. The summed E-state index contributed by atoms with van der Waals surface area (Å²) >= 11 is 3.30. The van der Waals surface area contributed by atoms with Crippen LogP contribution in [0.3, 0.4) is 0 Å². The lowest BCUT2D eigenvalue weighted by atomic mass is 10.2. The first kappa shape index (κ1) is 12.9. The van der Waals surface area contributed by atoms with Crippen LogP contribution in [-0.4, -0.2) is 19.6 Å². The van der Waals surface area contributed by atoms with Crippen molar-refractivity contribution >= 4 is 32.2 Å². The van der Waals surface area contributed by atoms with Crippen molar-refractivity contribution < 1.29 is 8.42 Å². The molecule has 0 aliphatic carbocycles. The van der Waals surface area contributed by atoms with Crippen molar-refractivity contribution in [1.29, 1.82) is 0 Å². The first-order valence-corrected chi connectivity index (χ1v) is 7.28. The summed E-state index contributed by atoms with van der Waals surface area (Å²) in [6, 6.07) is 11.8. The zero-order chi connectivity index (χ0) is 13.0. The summed E-state index contributed by atoms with van der Waals surface area (Å²) < 4.78 is 28.1. The van der Waals surface area contributed by atoms with Crippen LogP contribution in [-0.2, 0) is 10.0 Å². The van der Waals surface area contributed by atoms with Gasteiger partial charge in [0.05, 0.1) is 0 Å². The van der Waals surface area contributed by atoms with E-state index >= 15 is 0 Å². The highest BCUT2D eigenvalue weighted by Crippen LogP contribution is 2.11. The van der Waals surface area contributed by atoms with Gasteiger partial charge in [-0.1, -0.05) is 34.1 Å². The highest BCUT2D eigenvalue weighted by molar-refractivity contribution is 9.10. The third-order valence-electron chi connectivity index (χ3n) is 2.11. The van der Waals surface area contributed by atoms with Gasteiger partial charge in [0, 0.05) is 16.9 Å². The van der Waals surface area contributed by atoms with E-state index in [1.807, 2.05) is 12.1 Å². The van der Waals surface area contributed by atoms with E-state index in [2.05, 4.69) is 25.3 Å². The second kappa shape index (κ2) is 5.41. The molecule has 0 radical (unpaired) electrons. The number of hydrogen-bond donors (Lipinski definition) is 0. The van der Waals surface area contributed by atoms with Crippen molar-refractivity contribution in [2.75, 3.05) is 0 Å². The molecule has 0 aliphatic rings. The Labute approximate surface area is 114 Å². The lowest BCUT2D eigenvalue weighted by molar-refractivity contribution is 0.594. The van der Waals surface area contributed by atoms with Crippen LogP contribution < -0.4 is 0 Å². The van der Waals surface area contributed by atoms with Crippen molar-refractivity contribution in [3.63, 3.8) is 0 Å². The molecule has 0 bridgehead atoms. The molecule has 0 aliphatic heterocycles. The van der Waals surface area contributed by atoms with Crippen LogP contribution >= 0.6 is 15.9 Å². The van der Waals surface area contributed by atoms with Gasteiger partial charge in [-0.2, -0.15) is 12.8 Å². The standard InChI is InChI=1S/C12H9BrN2O2S/c13-11-6-4-10(5-7-11)9-15-18(16,17)12-3-1-2-8-14-12/h1-9H. The van der Waals surface area contributed by atoms with E-state index < -0.39 is 10.0 Å². The summed E-state index contributed by atoms with van der Waals surface area (Å²) in [5, 5.41) is -0.0571. The minimum absolute atomic E-state index is 0.0571. The van der Waals surface area contributed by atoms with E-state index in [-0.39, 0.29) is 5.03 Å². The number of pyridine rings is 1. The van der Waals surface area contributed by atoms with Gasteiger partial charge in [0.25, 0.3) is 10.0 Å². The quantitative estimate of drug-likeness (QED) is 0.815. The summed E-state index contributed by atoms with van der Waals surface area (Å²) in [5.74, 6) is 0. The molecule has 0 spiro atoms. The van der Waals surface area contributed by atoms with Crippen molar-refractivity contribution in [1.82, 2.24) is 4.98 Å². The summed E-state index contributed by atoms with van der Waals surface area (Å²) in [6.07, 6.45) is 2.72. The predicted molar refractivity (Wildman–Crippen MR) is 73.2 cm³/mol. The van der Waals surface area contributed by atoms with Crippen LogP contribution in [0.1, 0.15) is 5.56 Å². The van der Waals surface area contributed by atoms with Gasteiger partial charge in [-0.05, 0) is 29.8 Å². The average molecular weight is 325 g/mol. The molecular weight excluding hydrogens is 316 g/mol. The fraction of sp³-hybridized carbons (Fsp3) is 0. The number of benzene rings is 1. The molecule has 18 heavy (non-hydrogen) atoms. The van der Waals surface area contributed by atoms with E-state index in [1.54, 1.807) is 24.3 Å². The van der Waals surface area contributed by atoms with Crippen LogP contribution in [0.4, 0.5) is 0 Å². The molecule has 0 amide bonds. The highest BCUT2D eigenvalue weighted by Gasteiger charge is 2.11. The number of hydrogen-bond acceptors (Lipinski definition) is 3. The average Bonchev–Trinajstić information content (AvgIpc) is 2.39. The molecule has 1 heterocycles. The lowest BCUT2D eigenvalue weighted by Gasteiger charge is -1.97. The monoisotopic (exact) mass is 324 g/mol. The van der Waals surface area contributed by atoms with E-state index in [4.69, 9.17) is 0 Å². The Hall–Kier alpha value is -1.53. The summed E-state index contributed by atoms with van der Waals surface area (Å²) in [7, 11) is -3.72. The maximum atomic E-state index is 11.8. The first-order chi connectivity index (χ1) is 8.58. The minimum Gasteiger partial charge on any atom is -0.243 e. The number of rotatable bonds is 3. The zero-order valence-electron chi connectivity index (χ0n) is 9.19. The normalized spacial score (nSPS) is 11.8. The van der Waals surface area contributed by atoms with Crippen molar-refractivity contribution in [3.8, 4) is 0 Å². The van der Waals surface area contributed by atoms with Gasteiger partial charge in [0.1, 0.15) is 0 Å². The van der Waals surface area contributed by atoms with Crippen molar-refractivity contribution in [2.45, 2.75) is 5.03 Å². The fourth-order valence-electron chi connectivity index (χ4n) is 1.23. The summed E-state index contributed by atoms with van der Waals surface area (Å²) in [5.41, 5.74) is 0.706. The third-order valence-corrected chi connectivity index (χ3v) is 3.79. The third kappa shape index (κ3) is 3.24. The van der Waals surface area contributed by atoms with E-state index in [0.717, 1.165) is 4.47 Å². The Bertz CT molecular complexity index is 652. The Morgan fingerprint density at radius 2 is 1.83 bits per heavy atom. The molecule has 6 heteroatoms. The van der Waals surface area contributed by atoms with E-state index in [0.29, 0.717) is 5.56 Å². The summed E-state index contributed by atoms with van der Waals surface area (Å²) in [4.78, 5) is 3.77. The molecular formula is C12H9BrN2O2S. The fourth-order valence-corrected chi connectivity index (χ4v) is 2.31.